The fourth-order valence-electron chi connectivity index (χ4n) is 1.59. The lowest BCUT2D eigenvalue weighted by molar-refractivity contribution is -0.143. The maximum absolute atomic E-state index is 12.1. The van der Waals surface area contributed by atoms with Crippen LogP contribution in [0.15, 0.2) is 0 Å². The summed E-state index contributed by atoms with van der Waals surface area (Å²) in [6.07, 6.45) is -0.293. The highest BCUT2D eigenvalue weighted by molar-refractivity contribution is 5.84. The van der Waals surface area contributed by atoms with Crippen LogP contribution in [0.4, 0.5) is 0 Å². The molecule has 0 aliphatic rings. The Balaban J connectivity index is 4.56. The lowest BCUT2D eigenvalue weighted by Crippen LogP contribution is -2.51. The van der Waals surface area contributed by atoms with E-state index < -0.39 is 5.91 Å². The highest BCUT2D eigenvalue weighted by atomic mass is 16.2. The van der Waals surface area contributed by atoms with Crippen molar-refractivity contribution in [2.45, 2.75) is 34.1 Å². The average Bonchev–Trinajstić information content (AvgIpc) is 2.26. The molecule has 1 radical (unpaired) electrons. The van der Waals surface area contributed by atoms with E-state index in [1.165, 1.54) is 10.0 Å². The zero-order valence-electron chi connectivity index (χ0n) is 12.6. The minimum atomic E-state index is -0.512. The van der Waals surface area contributed by atoms with Crippen molar-refractivity contribution >= 4 is 11.8 Å². The summed E-state index contributed by atoms with van der Waals surface area (Å²) in [5.74, 6) is 7.29. The van der Waals surface area contributed by atoms with Crippen molar-refractivity contribution in [2.24, 2.45) is 11.8 Å². The number of nitriles is 1. The molecule has 0 aromatic carbocycles. The lowest BCUT2D eigenvalue weighted by Gasteiger charge is -2.27. The number of nitrogens with zero attached hydrogens (tertiary/aromatic N) is 3. The maximum atomic E-state index is 12.1. The summed E-state index contributed by atoms with van der Waals surface area (Å²) in [4.78, 5) is 23.5. The van der Waals surface area contributed by atoms with Crippen LogP contribution in [-0.2, 0) is 9.59 Å². The number of carbonyl (C=O) groups excluding carboxylic acids is 2. The molecule has 0 rings (SSSR count). The molecule has 0 atom stereocenters. The van der Waals surface area contributed by atoms with Gasteiger partial charge in [0.25, 0.3) is 11.8 Å². The summed E-state index contributed by atoms with van der Waals surface area (Å²) >= 11 is 0. The van der Waals surface area contributed by atoms with Gasteiger partial charge in [-0.25, -0.2) is 5.01 Å². The number of hydrazine groups is 1. The number of rotatable bonds is 7. The van der Waals surface area contributed by atoms with Gasteiger partial charge in [-0.3, -0.25) is 20.0 Å². The van der Waals surface area contributed by atoms with Crippen molar-refractivity contribution in [3.63, 3.8) is 0 Å². The first kappa shape index (κ1) is 18.4. The molecule has 0 fully saturated rings. The van der Waals surface area contributed by atoms with Crippen molar-refractivity contribution in [3.8, 4) is 6.07 Å². The fraction of sp³-hybridized carbons (Fsp3) is 0.769. The van der Waals surface area contributed by atoms with E-state index in [0.29, 0.717) is 13.1 Å². The molecular formula is C13H24N5O2. The van der Waals surface area contributed by atoms with Crippen molar-refractivity contribution in [1.82, 2.24) is 21.3 Å². The molecule has 7 nitrogen and oxygen atoms in total. The molecule has 113 valence electrons. The molecule has 0 aliphatic heterocycles. The number of hydrogen-bond acceptors (Lipinski definition) is 4. The standard InChI is InChI=1S/C13H24N5O2/c1-10(2)7-17(15)9-13(20)18(8-11(3)4)16-12(19)5-6-14/h10-11,15H,5,7-9H2,1-4H3,(H,16,19). The number of amides is 2. The van der Waals surface area contributed by atoms with E-state index in [4.69, 9.17) is 11.1 Å². The second kappa shape index (κ2) is 9.28. The Labute approximate surface area is 120 Å². The molecule has 2 N–H and O–H groups in total. The zero-order valence-corrected chi connectivity index (χ0v) is 12.6. The Bertz CT molecular complexity index is 362. The fourth-order valence-corrected chi connectivity index (χ4v) is 1.59. The van der Waals surface area contributed by atoms with Crippen LogP contribution in [0, 0.1) is 23.2 Å². The Morgan fingerprint density at radius 1 is 1.20 bits per heavy atom. The second-order valence-electron chi connectivity index (χ2n) is 5.54. The molecule has 0 heterocycles. The predicted octanol–water partition coefficient (Wildman–Crippen LogP) is 0.572. The first-order valence-electron chi connectivity index (χ1n) is 6.69. The van der Waals surface area contributed by atoms with E-state index >= 15 is 0 Å². The topological polar surface area (TPSA) is 100 Å². The number of hydrogen-bond donors (Lipinski definition) is 1. The average molecular weight is 282 g/mol. The zero-order chi connectivity index (χ0) is 15.7. The molecule has 0 saturated heterocycles. The Kier molecular flexibility index (Phi) is 8.52. The van der Waals surface area contributed by atoms with Gasteiger partial charge in [-0.2, -0.15) is 11.1 Å². The van der Waals surface area contributed by atoms with Crippen molar-refractivity contribution in [3.05, 3.63) is 0 Å². The van der Waals surface area contributed by atoms with Crippen molar-refractivity contribution < 1.29 is 9.59 Å². The van der Waals surface area contributed by atoms with Gasteiger partial charge in [0.1, 0.15) is 6.42 Å². The maximum Gasteiger partial charge on any atom is 0.256 e. The number of nitrogens with one attached hydrogen (secondary N) is 2. The van der Waals surface area contributed by atoms with Crippen LogP contribution in [-0.4, -0.2) is 41.5 Å². The molecular weight excluding hydrogens is 258 g/mol. The molecule has 7 heteroatoms. The van der Waals surface area contributed by atoms with E-state index in [2.05, 4.69) is 5.43 Å². The van der Waals surface area contributed by atoms with E-state index in [1.54, 1.807) is 6.07 Å². The Hall–Kier alpha value is -1.65. The third-order valence-corrected chi connectivity index (χ3v) is 2.26. The van der Waals surface area contributed by atoms with Crippen LogP contribution in [0.2, 0.25) is 0 Å². The van der Waals surface area contributed by atoms with Crippen LogP contribution in [0.3, 0.4) is 0 Å². The van der Waals surface area contributed by atoms with Crippen LogP contribution < -0.4 is 11.3 Å². The Morgan fingerprint density at radius 3 is 2.20 bits per heavy atom. The quantitative estimate of drug-likeness (QED) is 0.690. The van der Waals surface area contributed by atoms with Gasteiger partial charge in [-0.05, 0) is 11.8 Å². The molecule has 0 aromatic rings. The first-order chi connectivity index (χ1) is 9.26. The lowest BCUT2D eigenvalue weighted by atomic mass is 10.2. The van der Waals surface area contributed by atoms with Gasteiger partial charge in [0.05, 0.1) is 12.6 Å². The minimum Gasteiger partial charge on any atom is -0.272 e. The molecule has 0 spiro atoms. The normalized spacial score (nSPS) is 10.8. The largest absolute Gasteiger partial charge is 0.272 e. The highest BCUT2D eigenvalue weighted by Crippen LogP contribution is 2.00. The predicted molar refractivity (Wildman–Crippen MR) is 74.4 cm³/mol. The van der Waals surface area contributed by atoms with Crippen LogP contribution in [0.1, 0.15) is 34.1 Å². The third-order valence-electron chi connectivity index (χ3n) is 2.26. The molecule has 0 bridgehead atoms. The summed E-state index contributed by atoms with van der Waals surface area (Å²) in [5.41, 5.74) is 2.42. The molecule has 0 aromatic heterocycles. The van der Waals surface area contributed by atoms with Crippen LogP contribution >= 0.6 is 0 Å². The first-order valence-corrected chi connectivity index (χ1v) is 6.69. The van der Waals surface area contributed by atoms with Crippen molar-refractivity contribution in [2.75, 3.05) is 19.6 Å². The van der Waals surface area contributed by atoms with E-state index in [0.717, 1.165) is 0 Å². The Morgan fingerprint density at radius 2 is 1.75 bits per heavy atom. The SMILES string of the molecule is CC(C)CN([NH])CC(=O)N(CC(C)C)NC(=O)CC#N. The van der Waals surface area contributed by atoms with Gasteiger partial charge in [-0.15, -0.1) is 0 Å². The van der Waals surface area contributed by atoms with Crippen molar-refractivity contribution in [1.29, 1.82) is 5.26 Å². The molecule has 20 heavy (non-hydrogen) atoms. The van der Waals surface area contributed by atoms with Gasteiger partial charge in [0.15, 0.2) is 0 Å². The summed E-state index contributed by atoms with van der Waals surface area (Å²) < 4.78 is 0. The van der Waals surface area contributed by atoms with Gasteiger partial charge in [0.2, 0.25) is 0 Å². The smallest absolute Gasteiger partial charge is 0.256 e. The highest BCUT2D eigenvalue weighted by Gasteiger charge is 2.19. The van der Waals surface area contributed by atoms with Crippen LogP contribution in [0.5, 0.6) is 0 Å². The molecule has 0 saturated carbocycles. The molecule has 0 unspecified atom stereocenters. The summed E-state index contributed by atoms with van der Waals surface area (Å²) in [7, 11) is 0. The third kappa shape index (κ3) is 8.45. The molecule has 2 amide bonds. The molecule has 0 aliphatic carbocycles. The van der Waals surface area contributed by atoms with Gasteiger partial charge in [0, 0.05) is 13.1 Å². The van der Waals surface area contributed by atoms with Gasteiger partial charge < -0.3 is 0 Å². The van der Waals surface area contributed by atoms with Gasteiger partial charge >= 0.3 is 0 Å². The van der Waals surface area contributed by atoms with Crippen LogP contribution in [0.25, 0.3) is 0 Å². The summed E-state index contributed by atoms with van der Waals surface area (Å²) in [5, 5.41) is 10.8. The van der Waals surface area contributed by atoms with Gasteiger partial charge in [-0.1, -0.05) is 27.7 Å². The van der Waals surface area contributed by atoms with E-state index in [-0.39, 0.29) is 30.7 Å². The summed E-state index contributed by atoms with van der Waals surface area (Å²) in [6.45, 7) is 8.52. The summed E-state index contributed by atoms with van der Waals surface area (Å²) in [6, 6.07) is 1.73. The second-order valence-corrected chi connectivity index (χ2v) is 5.54. The van der Waals surface area contributed by atoms with E-state index in [9.17, 15) is 9.59 Å². The monoisotopic (exact) mass is 282 g/mol. The van der Waals surface area contributed by atoms with E-state index in [1.807, 2.05) is 27.7 Å². The number of carbonyl (C=O) groups is 2. The minimum absolute atomic E-state index is 0.0856.